The van der Waals surface area contributed by atoms with Crippen molar-refractivity contribution < 1.29 is 19.1 Å². The zero-order valence-electron chi connectivity index (χ0n) is 15.3. The van der Waals surface area contributed by atoms with Crippen LogP contribution in [0.4, 0.5) is 4.79 Å². The van der Waals surface area contributed by atoms with Crippen molar-refractivity contribution >= 4 is 49.9 Å². The van der Waals surface area contributed by atoms with Crippen LogP contribution in [0.5, 0.6) is 11.5 Å². The maximum absolute atomic E-state index is 12.7. The van der Waals surface area contributed by atoms with Gasteiger partial charge in [-0.25, -0.2) is 4.79 Å². The summed E-state index contributed by atoms with van der Waals surface area (Å²) in [5.74, 6) is 0.746. The van der Waals surface area contributed by atoms with E-state index in [1.54, 1.807) is 25.3 Å². The number of amides is 3. The fraction of sp³-hybridized carbons (Fsp3) is 0.200. The molecule has 2 aromatic carbocycles. The topological polar surface area (TPSA) is 67.9 Å². The van der Waals surface area contributed by atoms with Crippen LogP contribution in [0, 0.1) is 0 Å². The van der Waals surface area contributed by atoms with Gasteiger partial charge in [-0.05, 0) is 64.3 Å². The molecular weight excluding hydrogens is 492 g/mol. The van der Waals surface area contributed by atoms with Crippen molar-refractivity contribution in [2.75, 3.05) is 13.7 Å². The minimum absolute atomic E-state index is 0.200. The Hall–Kier alpha value is -2.32. The first-order chi connectivity index (χ1) is 13.4. The van der Waals surface area contributed by atoms with Crippen LogP contribution >= 0.6 is 31.9 Å². The second-order valence-corrected chi connectivity index (χ2v) is 7.74. The molecule has 0 radical (unpaired) electrons. The minimum Gasteiger partial charge on any atom is -0.492 e. The quantitative estimate of drug-likeness (QED) is 0.452. The van der Waals surface area contributed by atoms with E-state index in [4.69, 9.17) is 9.47 Å². The van der Waals surface area contributed by atoms with Crippen LogP contribution < -0.4 is 14.8 Å². The first-order valence-corrected chi connectivity index (χ1v) is 10.1. The summed E-state index contributed by atoms with van der Waals surface area (Å²) in [6.45, 7) is 2.55. The van der Waals surface area contributed by atoms with Gasteiger partial charge in [0.2, 0.25) is 0 Å². The van der Waals surface area contributed by atoms with Crippen LogP contribution in [0.2, 0.25) is 0 Å². The SMILES string of the molecule is CCOc1cc(/C=C2/NC(=O)N(Cc3ccc(Br)cc3)C2=O)cc(Br)c1OC. The molecule has 1 aliphatic heterocycles. The molecule has 6 nitrogen and oxygen atoms in total. The van der Waals surface area contributed by atoms with E-state index >= 15 is 0 Å². The molecule has 1 aliphatic rings. The summed E-state index contributed by atoms with van der Waals surface area (Å²) in [6.07, 6.45) is 1.62. The first-order valence-electron chi connectivity index (χ1n) is 8.52. The highest BCUT2D eigenvalue weighted by Gasteiger charge is 2.33. The van der Waals surface area contributed by atoms with Crippen LogP contribution in [-0.4, -0.2) is 30.6 Å². The summed E-state index contributed by atoms with van der Waals surface area (Å²) in [6, 6.07) is 10.6. The highest BCUT2D eigenvalue weighted by molar-refractivity contribution is 9.10. The summed E-state index contributed by atoms with van der Waals surface area (Å²) in [7, 11) is 1.56. The van der Waals surface area contributed by atoms with Gasteiger partial charge in [0.15, 0.2) is 11.5 Å². The Morgan fingerprint density at radius 3 is 2.50 bits per heavy atom. The van der Waals surface area contributed by atoms with E-state index in [2.05, 4.69) is 37.2 Å². The molecule has 1 N–H and O–H groups in total. The highest BCUT2D eigenvalue weighted by Crippen LogP contribution is 2.37. The standard InChI is InChI=1S/C20H18Br2N2O4/c1-3-28-17-10-13(8-15(22)18(17)27-2)9-16-19(25)24(20(26)23-16)11-12-4-6-14(21)7-5-12/h4-10H,3,11H2,1-2H3,(H,23,26)/b16-9+. The van der Waals surface area contributed by atoms with E-state index in [9.17, 15) is 9.59 Å². The molecular formula is C20H18Br2N2O4. The number of hydrogen-bond donors (Lipinski definition) is 1. The van der Waals surface area contributed by atoms with E-state index in [1.165, 1.54) is 4.90 Å². The van der Waals surface area contributed by atoms with E-state index in [0.717, 1.165) is 10.0 Å². The number of imide groups is 1. The van der Waals surface area contributed by atoms with Gasteiger partial charge in [-0.2, -0.15) is 0 Å². The lowest BCUT2D eigenvalue weighted by molar-refractivity contribution is -0.123. The van der Waals surface area contributed by atoms with Gasteiger partial charge in [-0.3, -0.25) is 9.69 Å². The molecule has 1 fully saturated rings. The predicted octanol–water partition coefficient (Wildman–Crippen LogP) is 4.71. The monoisotopic (exact) mass is 508 g/mol. The number of urea groups is 1. The van der Waals surface area contributed by atoms with Crippen molar-refractivity contribution in [2.24, 2.45) is 0 Å². The molecule has 8 heteroatoms. The zero-order chi connectivity index (χ0) is 20.3. The molecule has 0 spiro atoms. The van der Waals surface area contributed by atoms with Gasteiger partial charge in [0.1, 0.15) is 5.70 Å². The number of nitrogens with one attached hydrogen (secondary N) is 1. The van der Waals surface area contributed by atoms with Crippen molar-refractivity contribution in [3.63, 3.8) is 0 Å². The number of carbonyl (C=O) groups excluding carboxylic acids is 2. The van der Waals surface area contributed by atoms with Gasteiger partial charge < -0.3 is 14.8 Å². The molecule has 0 atom stereocenters. The molecule has 3 rings (SSSR count). The lowest BCUT2D eigenvalue weighted by Gasteiger charge is -2.12. The van der Waals surface area contributed by atoms with Gasteiger partial charge >= 0.3 is 6.03 Å². The molecule has 0 aromatic heterocycles. The molecule has 1 saturated heterocycles. The number of nitrogens with zero attached hydrogens (tertiary/aromatic N) is 1. The molecule has 1 heterocycles. The van der Waals surface area contributed by atoms with Crippen molar-refractivity contribution in [1.29, 1.82) is 0 Å². The van der Waals surface area contributed by atoms with Gasteiger partial charge in [-0.15, -0.1) is 0 Å². The third-order valence-electron chi connectivity index (χ3n) is 4.06. The van der Waals surface area contributed by atoms with Crippen LogP contribution in [0.25, 0.3) is 6.08 Å². The largest absolute Gasteiger partial charge is 0.492 e. The van der Waals surface area contributed by atoms with Gasteiger partial charge in [-0.1, -0.05) is 28.1 Å². The van der Waals surface area contributed by atoms with E-state index in [-0.39, 0.29) is 18.1 Å². The Labute approximate surface area is 179 Å². The molecule has 28 heavy (non-hydrogen) atoms. The fourth-order valence-electron chi connectivity index (χ4n) is 2.79. The predicted molar refractivity (Wildman–Crippen MR) is 113 cm³/mol. The van der Waals surface area contributed by atoms with E-state index in [1.807, 2.05) is 31.2 Å². The van der Waals surface area contributed by atoms with Crippen molar-refractivity contribution in [2.45, 2.75) is 13.5 Å². The van der Waals surface area contributed by atoms with Crippen LogP contribution in [0.1, 0.15) is 18.1 Å². The van der Waals surface area contributed by atoms with E-state index in [0.29, 0.717) is 28.1 Å². The first kappa shape index (κ1) is 20.4. The molecule has 3 amide bonds. The summed E-state index contributed by atoms with van der Waals surface area (Å²) < 4.78 is 12.6. The minimum atomic E-state index is -0.447. The van der Waals surface area contributed by atoms with Gasteiger partial charge in [0.05, 0.1) is 24.7 Å². The van der Waals surface area contributed by atoms with Crippen molar-refractivity contribution in [1.82, 2.24) is 10.2 Å². The second kappa shape index (κ2) is 8.79. The molecule has 0 saturated carbocycles. The van der Waals surface area contributed by atoms with Crippen molar-refractivity contribution in [3.8, 4) is 11.5 Å². The smallest absolute Gasteiger partial charge is 0.329 e. The molecule has 0 bridgehead atoms. The molecule has 0 unspecified atom stereocenters. The third-order valence-corrected chi connectivity index (χ3v) is 5.18. The fourth-order valence-corrected chi connectivity index (χ4v) is 3.67. The zero-order valence-corrected chi connectivity index (χ0v) is 18.5. The lowest BCUT2D eigenvalue weighted by atomic mass is 10.1. The van der Waals surface area contributed by atoms with Gasteiger partial charge in [0.25, 0.3) is 5.91 Å². The number of rotatable bonds is 6. The summed E-state index contributed by atoms with van der Waals surface area (Å²) >= 11 is 6.82. The second-order valence-electron chi connectivity index (χ2n) is 5.97. The Kier molecular flexibility index (Phi) is 6.41. The maximum Gasteiger partial charge on any atom is 0.329 e. The number of benzene rings is 2. The number of ether oxygens (including phenoxy) is 2. The number of carbonyl (C=O) groups is 2. The Balaban J connectivity index is 1.86. The third kappa shape index (κ3) is 4.39. The molecule has 0 aliphatic carbocycles. The van der Waals surface area contributed by atoms with Crippen LogP contribution in [0.15, 0.2) is 51.0 Å². The average Bonchev–Trinajstić information content (AvgIpc) is 2.91. The number of methoxy groups -OCH3 is 1. The van der Waals surface area contributed by atoms with Crippen LogP contribution in [0.3, 0.4) is 0 Å². The maximum atomic E-state index is 12.7. The highest BCUT2D eigenvalue weighted by atomic mass is 79.9. The summed E-state index contributed by atoms with van der Waals surface area (Å²) in [4.78, 5) is 26.2. The lowest BCUT2D eigenvalue weighted by Crippen LogP contribution is -2.30. The number of halogens is 2. The Morgan fingerprint density at radius 2 is 1.86 bits per heavy atom. The van der Waals surface area contributed by atoms with Crippen LogP contribution in [-0.2, 0) is 11.3 Å². The summed E-state index contributed by atoms with van der Waals surface area (Å²) in [5.41, 5.74) is 1.77. The summed E-state index contributed by atoms with van der Waals surface area (Å²) in [5, 5.41) is 2.64. The van der Waals surface area contributed by atoms with E-state index < -0.39 is 6.03 Å². The number of hydrogen-bond acceptors (Lipinski definition) is 4. The van der Waals surface area contributed by atoms with Gasteiger partial charge in [0, 0.05) is 4.47 Å². The average molecular weight is 510 g/mol. The van der Waals surface area contributed by atoms with Crippen molar-refractivity contribution in [3.05, 3.63) is 62.2 Å². The molecule has 146 valence electrons. The Morgan fingerprint density at radius 1 is 1.14 bits per heavy atom. The Bertz CT molecular complexity index is 942. The molecule has 2 aromatic rings. The normalized spacial score (nSPS) is 15.1.